The molecule has 1 N–H and O–H groups in total. The van der Waals surface area contributed by atoms with E-state index in [1.807, 2.05) is 43.1 Å². The van der Waals surface area contributed by atoms with Crippen LogP contribution in [0.15, 0.2) is 42.5 Å². The Bertz CT molecular complexity index is 714. The molecule has 0 heterocycles. The molecule has 0 bridgehead atoms. The van der Waals surface area contributed by atoms with Gasteiger partial charge in [0.25, 0.3) is 0 Å². The molecule has 0 aliphatic carbocycles. The van der Waals surface area contributed by atoms with Gasteiger partial charge < -0.3 is 14.8 Å². The zero-order chi connectivity index (χ0) is 18.4. The number of carbonyl (C=O) groups excluding carboxylic acids is 1. The van der Waals surface area contributed by atoms with Gasteiger partial charge in [-0.05, 0) is 25.6 Å². The molecule has 1 amide bonds. The first-order valence-corrected chi connectivity index (χ1v) is 8.30. The Morgan fingerprint density at radius 2 is 1.76 bits per heavy atom. The van der Waals surface area contributed by atoms with Gasteiger partial charge in [0, 0.05) is 35.5 Å². The number of nitrogens with one attached hydrogen (secondary N) is 1. The van der Waals surface area contributed by atoms with E-state index < -0.39 is 0 Å². The number of benzene rings is 2. The quantitative estimate of drug-likeness (QED) is 0.813. The van der Waals surface area contributed by atoms with Crippen molar-refractivity contribution in [3.8, 4) is 11.5 Å². The number of carbonyl (C=O) groups is 1. The lowest BCUT2D eigenvalue weighted by atomic mass is 10.2. The van der Waals surface area contributed by atoms with E-state index in [2.05, 4.69) is 5.32 Å². The molecule has 0 unspecified atom stereocenters. The highest BCUT2D eigenvalue weighted by atomic mass is 35.5. The molecule has 0 saturated carbocycles. The molecule has 5 nitrogen and oxygen atoms in total. The minimum absolute atomic E-state index is 0.121. The number of likely N-dealkylation sites (N-methyl/N-ethyl adjacent to an activating group) is 1. The zero-order valence-corrected chi connectivity index (χ0v) is 15.6. The van der Waals surface area contributed by atoms with Gasteiger partial charge in [-0.15, -0.1) is 0 Å². The number of ether oxygens (including phenoxy) is 2. The fourth-order valence-electron chi connectivity index (χ4n) is 2.36. The summed E-state index contributed by atoms with van der Waals surface area (Å²) in [5, 5.41) is 3.59. The zero-order valence-electron chi connectivity index (χ0n) is 14.9. The van der Waals surface area contributed by atoms with E-state index in [-0.39, 0.29) is 11.9 Å². The summed E-state index contributed by atoms with van der Waals surface area (Å²) in [6.07, 6.45) is 0. The Balaban J connectivity index is 2.05. The maximum absolute atomic E-state index is 12.6. The molecule has 0 spiro atoms. The molecule has 2 aromatic rings. The Morgan fingerprint density at radius 1 is 1.16 bits per heavy atom. The molecular formula is C19H23ClN2O3. The largest absolute Gasteiger partial charge is 0.497 e. The lowest BCUT2D eigenvalue weighted by Crippen LogP contribution is -2.39. The van der Waals surface area contributed by atoms with Crippen molar-refractivity contribution in [2.75, 3.05) is 26.6 Å². The third-order valence-electron chi connectivity index (χ3n) is 4.04. The van der Waals surface area contributed by atoms with Crippen molar-refractivity contribution >= 4 is 23.2 Å². The van der Waals surface area contributed by atoms with E-state index in [1.54, 1.807) is 32.4 Å². The van der Waals surface area contributed by atoms with Crippen LogP contribution in [-0.4, -0.2) is 38.1 Å². The van der Waals surface area contributed by atoms with Gasteiger partial charge in [0.15, 0.2) is 0 Å². The van der Waals surface area contributed by atoms with Crippen LogP contribution in [0.1, 0.15) is 12.5 Å². The Kier molecular flexibility index (Phi) is 6.67. The lowest BCUT2D eigenvalue weighted by molar-refractivity contribution is -0.120. The third kappa shape index (κ3) is 5.11. The number of nitrogens with zero attached hydrogens (tertiary/aromatic N) is 1. The van der Waals surface area contributed by atoms with Crippen molar-refractivity contribution < 1.29 is 14.3 Å². The number of methoxy groups -OCH3 is 2. The molecule has 0 aromatic heterocycles. The second kappa shape index (κ2) is 8.74. The van der Waals surface area contributed by atoms with E-state index in [0.29, 0.717) is 28.8 Å². The van der Waals surface area contributed by atoms with E-state index >= 15 is 0 Å². The van der Waals surface area contributed by atoms with Crippen molar-refractivity contribution in [2.45, 2.75) is 19.5 Å². The number of halogens is 1. The van der Waals surface area contributed by atoms with Crippen LogP contribution in [0.3, 0.4) is 0 Å². The van der Waals surface area contributed by atoms with Gasteiger partial charge >= 0.3 is 0 Å². The van der Waals surface area contributed by atoms with Gasteiger partial charge in [-0.1, -0.05) is 29.8 Å². The molecule has 2 rings (SSSR count). The van der Waals surface area contributed by atoms with Crippen LogP contribution in [0.4, 0.5) is 5.69 Å². The highest BCUT2D eigenvalue weighted by molar-refractivity contribution is 6.31. The van der Waals surface area contributed by atoms with Crippen LogP contribution >= 0.6 is 11.6 Å². The third-order valence-corrected chi connectivity index (χ3v) is 4.41. The van der Waals surface area contributed by atoms with Crippen LogP contribution in [0.2, 0.25) is 5.02 Å². The molecule has 2 aromatic carbocycles. The Labute approximate surface area is 153 Å². The predicted molar refractivity (Wildman–Crippen MR) is 101 cm³/mol. The second-order valence-electron chi connectivity index (χ2n) is 5.77. The number of hydrogen-bond donors (Lipinski definition) is 1. The van der Waals surface area contributed by atoms with Crippen molar-refractivity contribution in [3.05, 3.63) is 53.1 Å². The topological polar surface area (TPSA) is 50.8 Å². The number of amides is 1. The molecule has 134 valence electrons. The highest BCUT2D eigenvalue weighted by Gasteiger charge is 2.19. The first-order chi connectivity index (χ1) is 11.9. The van der Waals surface area contributed by atoms with E-state index in [1.165, 1.54) is 0 Å². The van der Waals surface area contributed by atoms with E-state index in [9.17, 15) is 4.79 Å². The van der Waals surface area contributed by atoms with Gasteiger partial charge in [-0.3, -0.25) is 9.69 Å². The summed E-state index contributed by atoms with van der Waals surface area (Å²) < 4.78 is 10.4. The SMILES string of the molecule is COc1cc(NC(=O)[C@H](C)N(C)Cc2ccccc2Cl)cc(OC)c1. The van der Waals surface area contributed by atoms with Gasteiger partial charge in [-0.2, -0.15) is 0 Å². The minimum Gasteiger partial charge on any atom is -0.497 e. The van der Waals surface area contributed by atoms with Crippen LogP contribution in [0.5, 0.6) is 11.5 Å². The summed E-state index contributed by atoms with van der Waals surface area (Å²) >= 11 is 6.19. The van der Waals surface area contributed by atoms with Crippen LogP contribution in [-0.2, 0) is 11.3 Å². The van der Waals surface area contributed by atoms with Gasteiger partial charge in [0.2, 0.25) is 5.91 Å². The first-order valence-electron chi connectivity index (χ1n) is 7.92. The van der Waals surface area contributed by atoms with Crippen LogP contribution in [0, 0.1) is 0 Å². The molecule has 0 fully saturated rings. The van der Waals surface area contributed by atoms with E-state index in [0.717, 1.165) is 5.56 Å². The fourth-order valence-corrected chi connectivity index (χ4v) is 2.55. The number of rotatable bonds is 7. The molecule has 0 saturated heterocycles. The summed E-state index contributed by atoms with van der Waals surface area (Å²) in [6.45, 7) is 2.43. The summed E-state index contributed by atoms with van der Waals surface area (Å²) in [5.74, 6) is 1.11. The lowest BCUT2D eigenvalue weighted by Gasteiger charge is -2.24. The minimum atomic E-state index is -0.339. The fraction of sp³-hybridized carbons (Fsp3) is 0.316. The van der Waals surface area contributed by atoms with Gasteiger partial charge in [0.05, 0.1) is 20.3 Å². The second-order valence-corrected chi connectivity index (χ2v) is 6.18. The van der Waals surface area contributed by atoms with E-state index in [4.69, 9.17) is 21.1 Å². The maximum atomic E-state index is 12.6. The predicted octanol–water partition coefficient (Wildman–Crippen LogP) is 3.82. The summed E-state index contributed by atoms with van der Waals surface area (Å²) in [5.41, 5.74) is 1.61. The summed E-state index contributed by atoms with van der Waals surface area (Å²) in [4.78, 5) is 14.5. The molecule has 0 radical (unpaired) electrons. The highest BCUT2D eigenvalue weighted by Crippen LogP contribution is 2.26. The van der Waals surface area contributed by atoms with Crippen molar-refractivity contribution in [1.82, 2.24) is 4.90 Å². The standard InChI is InChI=1S/C19H23ClN2O3/c1-13(22(2)12-14-7-5-6-8-18(14)20)19(23)21-15-9-16(24-3)11-17(10-15)25-4/h5-11,13H,12H2,1-4H3,(H,21,23)/t13-/m0/s1. The Morgan fingerprint density at radius 3 is 2.32 bits per heavy atom. The molecule has 25 heavy (non-hydrogen) atoms. The van der Waals surface area contributed by atoms with Crippen molar-refractivity contribution in [1.29, 1.82) is 0 Å². The molecular weight excluding hydrogens is 340 g/mol. The van der Waals surface area contributed by atoms with Gasteiger partial charge in [0.1, 0.15) is 11.5 Å². The smallest absolute Gasteiger partial charge is 0.241 e. The molecule has 6 heteroatoms. The van der Waals surface area contributed by atoms with Crippen molar-refractivity contribution in [3.63, 3.8) is 0 Å². The molecule has 0 aliphatic rings. The molecule has 0 aliphatic heterocycles. The Hall–Kier alpha value is -2.24. The normalized spacial score (nSPS) is 11.9. The number of anilines is 1. The monoisotopic (exact) mass is 362 g/mol. The van der Waals surface area contributed by atoms with Gasteiger partial charge in [-0.25, -0.2) is 0 Å². The average molecular weight is 363 g/mol. The van der Waals surface area contributed by atoms with Crippen molar-refractivity contribution in [2.24, 2.45) is 0 Å². The molecule has 1 atom stereocenters. The van der Waals surface area contributed by atoms with Crippen LogP contribution < -0.4 is 14.8 Å². The van der Waals surface area contributed by atoms with Crippen LogP contribution in [0.25, 0.3) is 0 Å². The average Bonchev–Trinajstić information content (AvgIpc) is 2.62. The number of hydrogen-bond acceptors (Lipinski definition) is 4. The summed E-state index contributed by atoms with van der Waals surface area (Å²) in [6, 6.07) is 12.5. The summed E-state index contributed by atoms with van der Waals surface area (Å²) in [7, 11) is 5.03. The first kappa shape index (κ1) is 19.1. The maximum Gasteiger partial charge on any atom is 0.241 e.